The number of aliphatic hydroxyl groups excluding tert-OH is 1. The topological polar surface area (TPSA) is 95.8 Å². The molecular weight excluding hydrogens is 494 g/mol. The normalized spacial score (nSPS) is 28.0. The highest BCUT2D eigenvalue weighted by molar-refractivity contribution is 5.96. The van der Waals surface area contributed by atoms with Crippen LogP contribution in [0.1, 0.15) is 17.5 Å². The smallest absolute Gasteiger partial charge is 0.203 e. The molecule has 1 spiro atoms. The molecule has 2 aliphatic heterocycles. The highest BCUT2D eigenvalue weighted by atomic mass is 16.5. The average molecular weight is 526 g/mol. The summed E-state index contributed by atoms with van der Waals surface area (Å²) in [6.45, 7) is 0.717. The van der Waals surface area contributed by atoms with E-state index < -0.39 is 12.2 Å². The summed E-state index contributed by atoms with van der Waals surface area (Å²) < 4.78 is 17.0. The van der Waals surface area contributed by atoms with Gasteiger partial charge in [-0.05, 0) is 73.0 Å². The van der Waals surface area contributed by atoms with Gasteiger partial charge in [0.1, 0.15) is 23.7 Å². The van der Waals surface area contributed by atoms with Gasteiger partial charge in [-0.3, -0.25) is 0 Å². The third-order valence-electron chi connectivity index (χ3n) is 8.80. The van der Waals surface area contributed by atoms with Crippen molar-refractivity contribution in [3.05, 3.63) is 83.9 Å². The van der Waals surface area contributed by atoms with E-state index in [-0.39, 0.29) is 23.1 Å². The summed E-state index contributed by atoms with van der Waals surface area (Å²) in [4.78, 5) is 7.45. The van der Waals surface area contributed by atoms with Gasteiger partial charge in [0.05, 0.1) is 19.9 Å². The number of nitrogens with one attached hydrogen (secondary N) is 1. The molecule has 5 atom stereocenters. The molecule has 7 rings (SSSR count). The number of phenolic OH excluding ortho intramolecular Hbond substituents is 1. The molecule has 39 heavy (non-hydrogen) atoms. The van der Waals surface area contributed by atoms with Gasteiger partial charge in [0.2, 0.25) is 5.96 Å². The summed E-state index contributed by atoms with van der Waals surface area (Å²) in [7, 11) is 3.31. The quantitative estimate of drug-likeness (QED) is 0.264. The van der Waals surface area contributed by atoms with E-state index in [0.717, 1.165) is 52.8 Å². The fourth-order valence-corrected chi connectivity index (χ4v) is 7.07. The van der Waals surface area contributed by atoms with Gasteiger partial charge in [-0.1, -0.05) is 18.2 Å². The minimum Gasteiger partial charge on any atom is -0.504 e. The molecule has 0 radical (unpaired) electrons. The predicted molar refractivity (Wildman–Crippen MR) is 148 cm³/mol. The van der Waals surface area contributed by atoms with Crippen molar-refractivity contribution in [3.63, 3.8) is 0 Å². The molecule has 1 saturated heterocycles. The Morgan fingerprint density at radius 2 is 1.72 bits per heavy atom. The number of aliphatic imine (C=N–C) groups is 1. The zero-order chi connectivity index (χ0) is 26.7. The van der Waals surface area contributed by atoms with Crippen LogP contribution in [0.4, 0.5) is 11.4 Å². The summed E-state index contributed by atoms with van der Waals surface area (Å²) in [5.41, 5.74) is 3.57. The Labute approximate surface area is 227 Å². The maximum atomic E-state index is 11.0. The minimum atomic E-state index is -0.726. The van der Waals surface area contributed by atoms with Crippen molar-refractivity contribution in [1.29, 1.82) is 0 Å². The Morgan fingerprint density at radius 3 is 2.44 bits per heavy atom. The number of aliphatic hydroxyl groups is 1. The Balaban J connectivity index is 1.32. The second kappa shape index (κ2) is 8.95. The number of rotatable bonds is 4. The Bertz CT molecular complexity index is 1470. The van der Waals surface area contributed by atoms with Gasteiger partial charge in [-0.15, -0.1) is 0 Å². The Morgan fingerprint density at radius 1 is 1.00 bits per heavy atom. The number of piperidine rings is 1. The summed E-state index contributed by atoms with van der Waals surface area (Å²) >= 11 is 0. The van der Waals surface area contributed by atoms with Crippen molar-refractivity contribution in [2.75, 3.05) is 26.1 Å². The molecule has 1 fully saturated rings. The van der Waals surface area contributed by atoms with Crippen LogP contribution in [0.3, 0.4) is 0 Å². The summed E-state index contributed by atoms with van der Waals surface area (Å²) in [5, 5.41) is 25.2. The number of nitrogens with zero attached hydrogens (tertiary/aromatic N) is 2. The van der Waals surface area contributed by atoms with E-state index in [0.29, 0.717) is 12.3 Å². The van der Waals surface area contributed by atoms with Gasteiger partial charge in [-0.25, -0.2) is 4.99 Å². The van der Waals surface area contributed by atoms with Gasteiger partial charge in [0.25, 0.3) is 0 Å². The largest absolute Gasteiger partial charge is 0.504 e. The zero-order valence-corrected chi connectivity index (χ0v) is 21.9. The number of hydrogen-bond donors (Lipinski definition) is 3. The average Bonchev–Trinajstić information content (AvgIpc) is 3.32. The van der Waals surface area contributed by atoms with Crippen molar-refractivity contribution >= 4 is 17.3 Å². The van der Waals surface area contributed by atoms with Crippen LogP contribution in [0.15, 0.2) is 77.8 Å². The lowest BCUT2D eigenvalue weighted by Gasteiger charge is -2.57. The highest BCUT2D eigenvalue weighted by Crippen LogP contribution is 2.62. The number of anilines is 1. The fraction of sp³-hybridized carbons (Fsp3) is 0.323. The van der Waals surface area contributed by atoms with Crippen molar-refractivity contribution < 1.29 is 24.4 Å². The first kappa shape index (κ1) is 23.9. The van der Waals surface area contributed by atoms with Crippen LogP contribution in [0, 0.1) is 5.92 Å². The molecule has 0 unspecified atom stereocenters. The number of likely N-dealkylation sites (tertiary alicyclic amines) is 1. The van der Waals surface area contributed by atoms with E-state index >= 15 is 0 Å². The van der Waals surface area contributed by atoms with Gasteiger partial charge < -0.3 is 34.6 Å². The minimum absolute atomic E-state index is 0.0827. The van der Waals surface area contributed by atoms with E-state index in [4.69, 9.17) is 19.2 Å². The highest BCUT2D eigenvalue weighted by Gasteiger charge is 2.65. The predicted octanol–water partition coefficient (Wildman–Crippen LogP) is 4.39. The summed E-state index contributed by atoms with van der Waals surface area (Å²) in [5.74, 6) is 3.10. The lowest BCUT2D eigenvalue weighted by molar-refractivity contribution is -0.0362. The number of phenols is 1. The Hall–Kier alpha value is -4.17. The maximum absolute atomic E-state index is 11.0. The lowest BCUT2D eigenvalue weighted by atomic mass is 9.53. The SMILES string of the molecule is COc1ccc(N=C(Nc2ccc(OC)cc2)N2CC[C@]34c5c6ccc(O)c5O[C@H]3[C@@H](O)C=C[C@H]4[C@H]2C6)cc1. The van der Waals surface area contributed by atoms with Crippen molar-refractivity contribution in [2.45, 2.75) is 36.5 Å². The van der Waals surface area contributed by atoms with Crippen molar-refractivity contribution in [1.82, 2.24) is 4.90 Å². The van der Waals surface area contributed by atoms with Crippen LogP contribution in [0.25, 0.3) is 0 Å². The van der Waals surface area contributed by atoms with E-state index in [2.05, 4.69) is 16.3 Å². The number of benzene rings is 3. The van der Waals surface area contributed by atoms with Crippen molar-refractivity contribution in [2.24, 2.45) is 10.9 Å². The molecule has 4 aliphatic rings. The first-order valence-corrected chi connectivity index (χ1v) is 13.3. The molecule has 3 aromatic rings. The molecule has 8 nitrogen and oxygen atoms in total. The molecule has 2 bridgehead atoms. The van der Waals surface area contributed by atoms with Gasteiger partial charge in [0.15, 0.2) is 11.5 Å². The third-order valence-corrected chi connectivity index (χ3v) is 8.80. The number of aromatic hydroxyl groups is 1. The van der Waals surface area contributed by atoms with Crippen molar-refractivity contribution in [3.8, 4) is 23.0 Å². The number of guanidine groups is 1. The molecule has 2 heterocycles. The van der Waals surface area contributed by atoms with E-state index in [9.17, 15) is 10.2 Å². The van der Waals surface area contributed by atoms with Crippen LogP contribution >= 0.6 is 0 Å². The molecule has 0 amide bonds. The third kappa shape index (κ3) is 3.58. The first-order valence-electron chi connectivity index (χ1n) is 13.3. The van der Waals surface area contributed by atoms with E-state index in [1.807, 2.05) is 60.7 Å². The second-order valence-corrected chi connectivity index (χ2v) is 10.6. The van der Waals surface area contributed by atoms with Gasteiger partial charge in [-0.2, -0.15) is 0 Å². The lowest BCUT2D eigenvalue weighted by Crippen LogP contribution is -2.66. The standard InChI is InChI=1S/C31H31N3O5/c1-37-21-8-4-19(5-9-21)32-30(33-20-6-10-22(38-2)11-7-20)34-16-15-31-23-12-14-26(36)29(31)39-28-25(35)13-3-18(27(28)31)17-24(23)34/h3-14,23-24,26,29,35-36H,15-17H2,1-2H3,(H,32,33)/t23-,24+,26-,29-,31-/m0/s1. The van der Waals surface area contributed by atoms with E-state index in [1.165, 1.54) is 0 Å². The molecule has 2 aliphatic carbocycles. The van der Waals surface area contributed by atoms with Crippen LogP contribution in [-0.2, 0) is 11.8 Å². The van der Waals surface area contributed by atoms with Gasteiger partial charge >= 0.3 is 0 Å². The molecule has 3 N–H and O–H groups in total. The maximum Gasteiger partial charge on any atom is 0.203 e. The molecule has 8 heteroatoms. The molecular formula is C31H31N3O5. The number of hydrogen-bond acceptors (Lipinski definition) is 6. The molecule has 3 aromatic carbocycles. The van der Waals surface area contributed by atoms with Crippen LogP contribution < -0.4 is 19.5 Å². The second-order valence-electron chi connectivity index (χ2n) is 10.6. The number of methoxy groups -OCH3 is 2. The molecule has 0 aromatic heterocycles. The molecule has 0 saturated carbocycles. The Kier molecular flexibility index (Phi) is 5.49. The first-order chi connectivity index (χ1) is 19.0. The van der Waals surface area contributed by atoms with Crippen LogP contribution in [-0.4, -0.2) is 60.1 Å². The fourth-order valence-electron chi connectivity index (χ4n) is 7.07. The molecule has 200 valence electrons. The van der Waals surface area contributed by atoms with Crippen LogP contribution in [0.2, 0.25) is 0 Å². The number of ether oxygens (including phenoxy) is 3. The van der Waals surface area contributed by atoms with Crippen LogP contribution in [0.5, 0.6) is 23.0 Å². The van der Waals surface area contributed by atoms with E-state index in [1.54, 1.807) is 20.3 Å². The summed E-state index contributed by atoms with van der Waals surface area (Å²) in [6.07, 6.45) is 4.40. The zero-order valence-electron chi connectivity index (χ0n) is 21.9. The monoisotopic (exact) mass is 525 g/mol. The van der Waals surface area contributed by atoms with Gasteiger partial charge in [0, 0.05) is 35.2 Å². The summed E-state index contributed by atoms with van der Waals surface area (Å²) in [6, 6.07) is 19.3.